The van der Waals surface area contributed by atoms with E-state index in [-0.39, 0.29) is 11.8 Å². The Morgan fingerprint density at radius 2 is 1.42 bits per heavy atom. The first-order chi connectivity index (χ1) is 9.16. The molecule has 0 bridgehead atoms. The highest BCUT2D eigenvalue weighted by Crippen LogP contribution is 2.17. The van der Waals surface area contributed by atoms with Crippen molar-refractivity contribution in [3.63, 3.8) is 0 Å². The first-order valence-corrected chi connectivity index (χ1v) is 7.30. The van der Waals surface area contributed by atoms with Crippen LogP contribution in [0, 0.1) is 5.92 Å². The van der Waals surface area contributed by atoms with Gasteiger partial charge in [0.15, 0.2) is 0 Å². The quantitative estimate of drug-likeness (QED) is 0.763. The van der Waals surface area contributed by atoms with Gasteiger partial charge in [0.2, 0.25) is 11.8 Å². The number of carbonyl (C=O) groups is 2. The van der Waals surface area contributed by atoms with E-state index in [1.807, 2.05) is 4.90 Å². The summed E-state index contributed by atoms with van der Waals surface area (Å²) in [6, 6.07) is 0. The van der Waals surface area contributed by atoms with Crippen LogP contribution in [0.5, 0.6) is 0 Å². The molecule has 108 valence electrons. The van der Waals surface area contributed by atoms with Crippen molar-refractivity contribution in [1.29, 1.82) is 0 Å². The SMILES string of the molecule is CC1CCN(C(=O)CCC(=O)N2CCOCC2)CC1. The molecular weight excluding hydrogens is 244 g/mol. The molecule has 2 amide bonds. The minimum Gasteiger partial charge on any atom is -0.378 e. The highest BCUT2D eigenvalue weighted by Gasteiger charge is 2.22. The summed E-state index contributed by atoms with van der Waals surface area (Å²) in [7, 11) is 0. The van der Waals surface area contributed by atoms with Gasteiger partial charge < -0.3 is 14.5 Å². The molecule has 0 saturated carbocycles. The van der Waals surface area contributed by atoms with Crippen LogP contribution < -0.4 is 0 Å². The molecule has 0 aromatic rings. The van der Waals surface area contributed by atoms with E-state index in [2.05, 4.69) is 6.92 Å². The number of rotatable bonds is 3. The number of piperidine rings is 1. The number of hydrogen-bond acceptors (Lipinski definition) is 3. The number of hydrogen-bond donors (Lipinski definition) is 0. The Morgan fingerprint density at radius 1 is 0.947 bits per heavy atom. The van der Waals surface area contributed by atoms with E-state index < -0.39 is 0 Å². The Balaban J connectivity index is 1.69. The maximum Gasteiger partial charge on any atom is 0.223 e. The van der Waals surface area contributed by atoms with Gasteiger partial charge in [0.1, 0.15) is 0 Å². The maximum atomic E-state index is 12.0. The van der Waals surface area contributed by atoms with E-state index in [9.17, 15) is 9.59 Å². The van der Waals surface area contributed by atoms with Crippen molar-refractivity contribution >= 4 is 11.8 Å². The molecule has 5 nitrogen and oxygen atoms in total. The van der Waals surface area contributed by atoms with Gasteiger partial charge in [-0.3, -0.25) is 9.59 Å². The molecule has 2 aliphatic heterocycles. The molecule has 0 aliphatic carbocycles. The molecule has 0 aromatic heterocycles. The van der Waals surface area contributed by atoms with E-state index in [4.69, 9.17) is 4.74 Å². The first kappa shape index (κ1) is 14.3. The monoisotopic (exact) mass is 268 g/mol. The lowest BCUT2D eigenvalue weighted by atomic mass is 9.99. The summed E-state index contributed by atoms with van der Waals surface area (Å²) >= 11 is 0. The molecule has 5 heteroatoms. The lowest BCUT2D eigenvalue weighted by Crippen LogP contribution is -2.42. The number of carbonyl (C=O) groups excluding carboxylic acids is 2. The van der Waals surface area contributed by atoms with Crippen molar-refractivity contribution < 1.29 is 14.3 Å². The minimum absolute atomic E-state index is 0.0852. The molecule has 2 saturated heterocycles. The topological polar surface area (TPSA) is 49.9 Å². The highest BCUT2D eigenvalue weighted by molar-refractivity contribution is 5.83. The summed E-state index contributed by atoms with van der Waals surface area (Å²) in [5, 5.41) is 0. The van der Waals surface area contributed by atoms with Gasteiger partial charge in [-0.1, -0.05) is 6.92 Å². The van der Waals surface area contributed by atoms with Crippen molar-refractivity contribution in [2.75, 3.05) is 39.4 Å². The Morgan fingerprint density at radius 3 is 1.95 bits per heavy atom. The maximum absolute atomic E-state index is 12.0. The molecule has 2 aliphatic rings. The predicted molar refractivity (Wildman–Crippen MR) is 71.6 cm³/mol. The molecule has 0 N–H and O–H groups in total. The normalized spacial score (nSPS) is 21.5. The summed E-state index contributed by atoms with van der Waals surface area (Å²) in [5.41, 5.74) is 0. The fourth-order valence-electron chi connectivity index (χ4n) is 2.60. The summed E-state index contributed by atoms with van der Waals surface area (Å²) in [6.07, 6.45) is 2.86. The van der Waals surface area contributed by atoms with Gasteiger partial charge in [-0.25, -0.2) is 0 Å². The zero-order valence-electron chi connectivity index (χ0n) is 11.8. The van der Waals surface area contributed by atoms with E-state index in [0.29, 0.717) is 39.1 Å². The van der Waals surface area contributed by atoms with Crippen LogP contribution in [0.15, 0.2) is 0 Å². The van der Waals surface area contributed by atoms with Crippen LogP contribution in [-0.2, 0) is 14.3 Å². The molecule has 19 heavy (non-hydrogen) atoms. The van der Waals surface area contributed by atoms with Crippen molar-refractivity contribution in [1.82, 2.24) is 9.80 Å². The lowest BCUT2D eigenvalue weighted by molar-refractivity contribution is -0.139. The average Bonchev–Trinajstić information content (AvgIpc) is 2.46. The van der Waals surface area contributed by atoms with Gasteiger partial charge in [-0.05, 0) is 18.8 Å². The van der Waals surface area contributed by atoms with Gasteiger partial charge in [0, 0.05) is 39.0 Å². The molecule has 0 unspecified atom stereocenters. The van der Waals surface area contributed by atoms with Crippen LogP contribution in [0.2, 0.25) is 0 Å². The average molecular weight is 268 g/mol. The summed E-state index contributed by atoms with van der Waals surface area (Å²) in [4.78, 5) is 27.7. The Labute approximate surface area is 114 Å². The zero-order valence-corrected chi connectivity index (χ0v) is 11.8. The fraction of sp³-hybridized carbons (Fsp3) is 0.857. The second kappa shape index (κ2) is 6.89. The number of likely N-dealkylation sites (tertiary alicyclic amines) is 1. The predicted octanol–water partition coefficient (Wildman–Crippen LogP) is 0.884. The summed E-state index contributed by atoms with van der Waals surface area (Å²) < 4.78 is 5.21. The van der Waals surface area contributed by atoms with E-state index >= 15 is 0 Å². The third kappa shape index (κ3) is 4.20. The second-order valence-electron chi connectivity index (χ2n) is 5.56. The van der Waals surface area contributed by atoms with Crippen LogP contribution in [0.25, 0.3) is 0 Å². The third-order valence-electron chi connectivity index (χ3n) is 4.05. The zero-order chi connectivity index (χ0) is 13.7. The van der Waals surface area contributed by atoms with Gasteiger partial charge >= 0.3 is 0 Å². The van der Waals surface area contributed by atoms with Gasteiger partial charge in [0.05, 0.1) is 13.2 Å². The van der Waals surface area contributed by atoms with Crippen molar-refractivity contribution in [3.8, 4) is 0 Å². The number of ether oxygens (including phenoxy) is 1. The number of morpholine rings is 1. The van der Waals surface area contributed by atoms with Crippen LogP contribution in [0.1, 0.15) is 32.6 Å². The minimum atomic E-state index is 0.0852. The second-order valence-corrected chi connectivity index (χ2v) is 5.56. The number of nitrogens with zero attached hydrogens (tertiary/aromatic N) is 2. The van der Waals surface area contributed by atoms with Gasteiger partial charge in [-0.15, -0.1) is 0 Å². The lowest BCUT2D eigenvalue weighted by Gasteiger charge is -2.31. The number of amides is 2. The molecule has 0 radical (unpaired) electrons. The molecule has 2 fully saturated rings. The van der Waals surface area contributed by atoms with E-state index in [1.165, 1.54) is 0 Å². The molecule has 0 spiro atoms. The summed E-state index contributed by atoms with van der Waals surface area (Å²) in [6.45, 7) is 6.48. The third-order valence-corrected chi connectivity index (χ3v) is 4.05. The van der Waals surface area contributed by atoms with Gasteiger partial charge in [0.25, 0.3) is 0 Å². The Kier molecular flexibility index (Phi) is 5.19. The largest absolute Gasteiger partial charge is 0.378 e. The van der Waals surface area contributed by atoms with E-state index in [0.717, 1.165) is 31.8 Å². The van der Waals surface area contributed by atoms with Crippen LogP contribution in [-0.4, -0.2) is 61.0 Å². The van der Waals surface area contributed by atoms with Crippen LogP contribution >= 0.6 is 0 Å². The Hall–Kier alpha value is -1.10. The van der Waals surface area contributed by atoms with Crippen LogP contribution in [0.3, 0.4) is 0 Å². The molecule has 2 heterocycles. The Bertz CT molecular complexity index is 319. The van der Waals surface area contributed by atoms with Crippen molar-refractivity contribution in [2.24, 2.45) is 5.92 Å². The fourth-order valence-corrected chi connectivity index (χ4v) is 2.60. The van der Waals surface area contributed by atoms with E-state index in [1.54, 1.807) is 4.90 Å². The van der Waals surface area contributed by atoms with Crippen LogP contribution in [0.4, 0.5) is 0 Å². The molecule has 0 aromatic carbocycles. The highest BCUT2D eigenvalue weighted by atomic mass is 16.5. The van der Waals surface area contributed by atoms with Crippen molar-refractivity contribution in [3.05, 3.63) is 0 Å². The first-order valence-electron chi connectivity index (χ1n) is 7.30. The standard InChI is InChI=1S/C14H24N2O3/c1-12-4-6-15(7-5-12)13(17)2-3-14(18)16-8-10-19-11-9-16/h12H,2-11H2,1H3. The van der Waals surface area contributed by atoms with Crippen molar-refractivity contribution in [2.45, 2.75) is 32.6 Å². The van der Waals surface area contributed by atoms with Gasteiger partial charge in [-0.2, -0.15) is 0 Å². The molecule has 2 rings (SSSR count). The molecular formula is C14H24N2O3. The molecule has 0 atom stereocenters. The smallest absolute Gasteiger partial charge is 0.223 e. The summed E-state index contributed by atoms with van der Waals surface area (Å²) in [5.74, 6) is 0.939.